The molecule has 1 atom stereocenters. The van der Waals surface area contributed by atoms with Gasteiger partial charge in [0.05, 0.1) is 6.10 Å². The molecule has 0 amide bonds. The Morgan fingerprint density at radius 2 is 2.35 bits per heavy atom. The third-order valence-corrected chi connectivity index (χ3v) is 3.08. The van der Waals surface area contributed by atoms with Crippen molar-refractivity contribution in [2.24, 2.45) is 5.73 Å². The van der Waals surface area contributed by atoms with E-state index in [4.69, 9.17) is 15.2 Å². The minimum atomic E-state index is 0.222. The van der Waals surface area contributed by atoms with Crippen molar-refractivity contribution < 1.29 is 9.47 Å². The van der Waals surface area contributed by atoms with E-state index in [2.05, 4.69) is 4.98 Å². The van der Waals surface area contributed by atoms with Gasteiger partial charge in [-0.2, -0.15) is 0 Å². The molecule has 0 aromatic carbocycles. The molecule has 2 N–H and O–H groups in total. The maximum absolute atomic E-state index is 5.65. The SMILES string of the molecule is Cc1nc(OCC2CCCCO2)ccc1CN. The fourth-order valence-electron chi connectivity index (χ4n) is 1.98. The molecule has 1 aliphatic heterocycles. The summed E-state index contributed by atoms with van der Waals surface area (Å²) in [6.07, 6.45) is 3.70. The van der Waals surface area contributed by atoms with E-state index in [-0.39, 0.29) is 6.10 Å². The van der Waals surface area contributed by atoms with Crippen LogP contribution in [0.5, 0.6) is 5.88 Å². The average Bonchev–Trinajstić information content (AvgIpc) is 2.38. The molecule has 94 valence electrons. The monoisotopic (exact) mass is 236 g/mol. The molecule has 4 nitrogen and oxygen atoms in total. The predicted molar refractivity (Wildman–Crippen MR) is 66.0 cm³/mol. The van der Waals surface area contributed by atoms with Crippen molar-refractivity contribution in [3.8, 4) is 5.88 Å². The summed E-state index contributed by atoms with van der Waals surface area (Å²) in [6, 6.07) is 3.84. The number of hydrogen-bond acceptors (Lipinski definition) is 4. The standard InChI is InChI=1S/C13H20N2O2/c1-10-11(8-14)5-6-13(15-10)17-9-12-4-2-3-7-16-12/h5-6,12H,2-4,7-9,14H2,1H3. The summed E-state index contributed by atoms with van der Waals surface area (Å²) in [6.45, 7) is 3.91. The van der Waals surface area contributed by atoms with Crippen LogP contribution in [-0.2, 0) is 11.3 Å². The van der Waals surface area contributed by atoms with E-state index >= 15 is 0 Å². The van der Waals surface area contributed by atoms with Crippen molar-refractivity contribution in [1.82, 2.24) is 4.98 Å². The van der Waals surface area contributed by atoms with Crippen molar-refractivity contribution in [2.45, 2.75) is 38.8 Å². The topological polar surface area (TPSA) is 57.4 Å². The van der Waals surface area contributed by atoms with Gasteiger partial charge in [-0.1, -0.05) is 6.07 Å². The van der Waals surface area contributed by atoms with Crippen LogP contribution in [-0.4, -0.2) is 24.3 Å². The van der Waals surface area contributed by atoms with Gasteiger partial charge in [0.15, 0.2) is 0 Å². The van der Waals surface area contributed by atoms with Crippen LogP contribution >= 0.6 is 0 Å². The van der Waals surface area contributed by atoms with E-state index < -0.39 is 0 Å². The minimum absolute atomic E-state index is 0.222. The lowest BCUT2D eigenvalue weighted by atomic mass is 10.1. The molecule has 2 heterocycles. The van der Waals surface area contributed by atoms with Gasteiger partial charge in [-0.25, -0.2) is 4.98 Å². The number of nitrogens with zero attached hydrogens (tertiary/aromatic N) is 1. The van der Waals surface area contributed by atoms with Crippen LogP contribution in [0.3, 0.4) is 0 Å². The van der Waals surface area contributed by atoms with Gasteiger partial charge in [0, 0.05) is 24.9 Å². The third kappa shape index (κ3) is 3.41. The van der Waals surface area contributed by atoms with E-state index in [1.807, 2.05) is 19.1 Å². The number of hydrogen-bond donors (Lipinski definition) is 1. The predicted octanol–water partition coefficient (Wildman–Crippen LogP) is 1.80. The molecule has 1 aliphatic rings. The van der Waals surface area contributed by atoms with Crippen molar-refractivity contribution in [3.63, 3.8) is 0 Å². The summed E-state index contributed by atoms with van der Waals surface area (Å²) in [5, 5.41) is 0. The number of ether oxygens (including phenoxy) is 2. The van der Waals surface area contributed by atoms with Crippen molar-refractivity contribution in [3.05, 3.63) is 23.4 Å². The average molecular weight is 236 g/mol. The normalized spacial score (nSPS) is 20.2. The molecule has 0 aliphatic carbocycles. The zero-order chi connectivity index (χ0) is 12.1. The first kappa shape index (κ1) is 12.3. The van der Waals surface area contributed by atoms with E-state index in [0.717, 1.165) is 24.3 Å². The van der Waals surface area contributed by atoms with Crippen LogP contribution in [0, 0.1) is 6.92 Å². The number of aryl methyl sites for hydroxylation is 1. The fourth-order valence-corrected chi connectivity index (χ4v) is 1.98. The lowest BCUT2D eigenvalue weighted by Crippen LogP contribution is -2.26. The molecule has 0 radical (unpaired) electrons. The van der Waals surface area contributed by atoms with Crippen molar-refractivity contribution >= 4 is 0 Å². The molecule has 4 heteroatoms. The van der Waals surface area contributed by atoms with Crippen LogP contribution in [0.15, 0.2) is 12.1 Å². The number of nitrogens with two attached hydrogens (primary N) is 1. The highest BCUT2D eigenvalue weighted by Gasteiger charge is 2.14. The van der Waals surface area contributed by atoms with Crippen LogP contribution < -0.4 is 10.5 Å². The highest BCUT2D eigenvalue weighted by molar-refractivity contribution is 5.24. The van der Waals surface area contributed by atoms with Crippen LogP contribution in [0.4, 0.5) is 0 Å². The first-order valence-electron chi connectivity index (χ1n) is 6.20. The summed E-state index contributed by atoms with van der Waals surface area (Å²) in [5.41, 5.74) is 7.59. The van der Waals surface area contributed by atoms with Gasteiger partial charge < -0.3 is 15.2 Å². The second kappa shape index (κ2) is 5.98. The molecule has 0 bridgehead atoms. The highest BCUT2D eigenvalue weighted by atomic mass is 16.5. The molecule has 2 rings (SSSR count). The molecular formula is C13H20N2O2. The smallest absolute Gasteiger partial charge is 0.213 e. The lowest BCUT2D eigenvalue weighted by Gasteiger charge is -2.22. The Labute approximate surface area is 102 Å². The van der Waals surface area contributed by atoms with Crippen molar-refractivity contribution in [1.29, 1.82) is 0 Å². The van der Waals surface area contributed by atoms with Gasteiger partial charge >= 0.3 is 0 Å². The summed E-state index contributed by atoms with van der Waals surface area (Å²) in [5.74, 6) is 0.661. The maximum atomic E-state index is 5.65. The number of pyridine rings is 1. The van der Waals surface area contributed by atoms with Gasteiger partial charge in [-0.3, -0.25) is 0 Å². The molecule has 1 aromatic heterocycles. The first-order valence-corrected chi connectivity index (χ1v) is 6.20. The van der Waals surface area contributed by atoms with Crippen LogP contribution in [0.1, 0.15) is 30.5 Å². The molecule has 1 aromatic rings. The van der Waals surface area contributed by atoms with Crippen LogP contribution in [0.25, 0.3) is 0 Å². The molecule has 0 spiro atoms. The minimum Gasteiger partial charge on any atom is -0.475 e. The molecule has 1 unspecified atom stereocenters. The fraction of sp³-hybridized carbons (Fsp3) is 0.615. The van der Waals surface area contributed by atoms with Gasteiger partial charge in [-0.05, 0) is 31.7 Å². The van der Waals surface area contributed by atoms with Gasteiger partial charge in [0.2, 0.25) is 5.88 Å². The number of aromatic nitrogens is 1. The second-order valence-electron chi connectivity index (χ2n) is 4.40. The Morgan fingerprint density at radius 1 is 1.47 bits per heavy atom. The zero-order valence-electron chi connectivity index (χ0n) is 10.3. The summed E-state index contributed by atoms with van der Waals surface area (Å²) < 4.78 is 11.3. The third-order valence-electron chi connectivity index (χ3n) is 3.08. The second-order valence-corrected chi connectivity index (χ2v) is 4.40. The maximum Gasteiger partial charge on any atom is 0.213 e. The Hall–Kier alpha value is -1.13. The van der Waals surface area contributed by atoms with E-state index in [1.165, 1.54) is 12.8 Å². The molecule has 17 heavy (non-hydrogen) atoms. The lowest BCUT2D eigenvalue weighted by molar-refractivity contribution is -0.0119. The summed E-state index contributed by atoms with van der Waals surface area (Å²) >= 11 is 0. The largest absolute Gasteiger partial charge is 0.475 e. The van der Waals surface area contributed by atoms with Gasteiger partial charge in [-0.15, -0.1) is 0 Å². The van der Waals surface area contributed by atoms with E-state index in [1.54, 1.807) is 0 Å². The Balaban J connectivity index is 1.87. The molecule has 1 fully saturated rings. The molecular weight excluding hydrogens is 216 g/mol. The summed E-state index contributed by atoms with van der Waals surface area (Å²) in [4.78, 5) is 4.37. The quantitative estimate of drug-likeness (QED) is 0.866. The Morgan fingerprint density at radius 3 is 3.00 bits per heavy atom. The van der Waals surface area contributed by atoms with Gasteiger partial charge in [0.25, 0.3) is 0 Å². The van der Waals surface area contributed by atoms with Gasteiger partial charge in [0.1, 0.15) is 6.61 Å². The molecule has 1 saturated heterocycles. The number of rotatable bonds is 4. The first-order chi connectivity index (χ1) is 8.29. The van der Waals surface area contributed by atoms with Crippen LogP contribution in [0.2, 0.25) is 0 Å². The summed E-state index contributed by atoms with van der Waals surface area (Å²) in [7, 11) is 0. The van der Waals surface area contributed by atoms with E-state index in [0.29, 0.717) is 19.0 Å². The molecule has 0 saturated carbocycles. The Bertz CT molecular complexity index is 362. The zero-order valence-corrected chi connectivity index (χ0v) is 10.3. The highest BCUT2D eigenvalue weighted by Crippen LogP contribution is 2.16. The Kier molecular flexibility index (Phi) is 4.34. The van der Waals surface area contributed by atoms with E-state index in [9.17, 15) is 0 Å². The van der Waals surface area contributed by atoms with Crippen molar-refractivity contribution in [2.75, 3.05) is 13.2 Å².